The van der Waals surface area contributed by atoms with Gasteiger partial charge in [0.15, 0.2) is 0 Å². The van der Waals surface area contributed by atoms with Crippen molar-refractivity contribution in [2.45, 2.75) is 13.5 Å². The van der Waals surface area contributed by atoms with Gasteiger partial charge < -0.3 is 9.80 Å². The van der Waals surface area contributed by atoms with Crippen LogP contribution in [0, 0.1) is 6.92 Å². The monoisotopic (exact) mass is 358 g/mol. The van der Waals surface area contributed by atoms with Gasteiger partial charge in [0.2, 0.25) is 5.91 Å². The van der Waals surface area contributed by atoms with Crippen LogP contribution in [-0.4, -0.2) is 58.7 Å². The third-order valence-corrected chi connectivity index (χ3v) is 4.89. The maximum absolute atomic E-state index is 12.3. The van der Waals surface area contributed by atoms with Crippen molar-refractivity contribution >= 4 is 23.6 Å². The maximum Gasteiger partial charge on any atom is 0.246 e. The Hall–Kier alpha value is -2.11. The van der Waals surface area contributed by atoms with Gasteiger partial charge in [-0.25, -0.2) is 4.68 Å². The molecule has 0 spiro atoms. The fourth-order valence-electron chi connectivity index (χ4n) is 2.90. The standard InChI is InChI=1S/C19H23ClN4O/c1-15-17(8-9-18(25)23-12-10-22(2)11-13-23)19(20)24(21-15)14-16-6-4-3-5-7-16/h3-9H,10-14H2,1-2H3. The Morgan fingerprint density at radius 2 is 1.88 bits per heavy atom. The lowest BCUT2D eigenvalue weighted by Gasteiger charge is -2.31. The zero-order chi connectivity index (χ0) is 17.8. The number of benzene rings is 1. The Balaban J connectivity index is 1.71. The molecule has 2 aromatic rings. The molecule has 6 heteroatoms. The molecule has 0 unspecified atom stereocenters. The normalized spacial score (nSPS) is 15.9. The van der Waals surface area contributed by atoms with Crippen LogP contribution in [0.3, 0.4) is 0 Å². The van der Waals surface area contributed by atoms with Crippen molar-refractivity contribution in [3.05, 3.63) is 58.4 Å². The van der Waals surface area contributed by atoms with Gasteiger partial charge in [-0.1, -0.05) is 41.9 Å². The zero-order valence-corrected chi connectivity index (χ0v) is 15.4. The van der Waals surface area contributed by atoms with Crippen molar-refractivity contribution in [3.63, 3.8) is 0 Å². The maximum atomic E-state index is 12.3. The first-order valence-corrected chi connectivity index (χ1v) is 8.85. The van der Waals surface area contributed by atoms with E-state index in [9.17, 15) is 4.79 Å². The van der Waals surface area contributed by atoms with Crippen LogP contribution in [0.4, 0.5) is 0 Å². The van der Waals surface area contributed by atoms with E-state index in [0.29, 0.717) is 11.7 Å². The summed E-state index contributed by atoms with van der Waals surface area (Å²) in [4.78, 5) is 16.4. The Bertz CT molecular complexity index is 761. The van der Waals surface area contributed by atoms with Crippen LogP contribution in [0.15, 0.2) is 36.4 Å². The molecule has 0 radical (unpaired) electrons. The van der Waals surface area contributed by atoms with Crippen LogP contribution in [0.5, 0.6) is 0 Å². The van der Waals surface area contributed by atoms with Crippen molar-refractivity contribution in [3.8, 4) is 0 Å². The van der Waals surface area contributed by atoms with Crippen LogP contribution in [0.25, 0.3) is 6.08 Å². The van der Waals surface area contributed by atoms with E-state index in [1.807, 2.05) is 42.2 Å². The lowest BCUT2D eigenvalue weighted by atomic mass is 10.2. The van der Waals surface area contributed by atoms with Gasteiger partial charge in [-0.15, -0.1) is 0 Å². The number of hydrogen-bond acceptors (Lipinski definition) is 3. The van der Waals surface area contributed by atoms with Crippen LogP contribution in [-0.2, 0) is 11.3 Å². The molecule has 132 valence electrons. The Kier molecular flexibility index (Phi) is 5.56. The van der Waals surface area contributed by atoms with Gasteiger partial charge in [0.25, 0.3) is 0 Å². The van der Waals surface area contributed by atoms with Gasteiger partial charge in [-0.05, 0) is 25.6 Å². The number of rotatable bonds is 4. The smallest absolute Gasteiger partial charge is 0.246 e. The number of halogens is 1. The summed E-state index contributed by atoms with van der Waals surface area (Å²) in [5.74, 6) is 0.0272. The fraction of sp³-hybridized carbons (Fsp3) is 0.368. The van der Waals surface area contributed by atoms with E-state index < -0.39 is 0 Å². The molecule has 0 aliphatic carbocycles. The molecule has 5 nitrogen and oxygen atoms in total. The number of carbonyl (C=O) groups excluding carboxylic acids is 1. The van der Waals surface area contributed by atoms with E-state index >= 15 is 0 Å². The molecular formula is C19H23ClN4O. The average molecular weight is 359 g/mol. The summed E-state index contributed by atoms with van der Waals surface area (Å²) in [6, 6.07) is 10.1. The quantitative estimate of drug-likeness (QED) is 0.789. The van der Waals surface area contributed by atoms with Gasteiger partial charge in [-0.3, -0.25) is 4.79 Å². The summed E-state index contributed by atoms with van der Waals surface area (Å²) in [5, 5.41) is 5.07. The van der Waals surface area contributed by atoms with Crippen LogP contribution in [0.2, 0.25) is 5.15 Å². The average Bonchev–Trinajstić information content (AvgIpc) is 2.88. The highest BCUT2D eigenvalue weighted by molar-refractivity contribution is 6.31. The van der Waals surface area contributed by atoms with E-state index in [0.717, 1.165) is 43.0 Å². The zero-order valence-electron chi connectivity index (χ0n) is 14.7. The van der Waals surface area contributed by atoms with E-state index in [2.05, 4.69) is 17.0 Å². The SMILES string of the molecule is Cc1nn(Cc2ccccc2)c(Cl)c1C=CC(=O)N1CCN(C)CC1. The fourth-order valence-corrected chi connectivity index (χ4v) is 3.20. The van der Waals surface area contributed by atoms with Crippen molar-refractivity contribution in [1.29, 1.82) is 0 Å². The minimum absolute atomic E-state index is 0.0272. The molecule has 0 saturated carbocycles. The predicted octanol–water partition coefficient (Wildman–Crippen LogP) is 2.68. The highest BCUT2D eigenvalue weighted by atomic mass is 35.5. The van der Waals surface area contributed by atoms with Crippen molar-refractivity contribution < 1.29 is 4.79 Å². The highest BCUT2D eigenvalue weighted by Crippen LogP contribution is 2.22. The van der Waals surface area contributed by atoms with Crippen molar-refractivity contribution in [1.82, 2.24) is 19.6 Å². The lowest BCUT2D eigenvalue weighted by molar-refractivity contribution is -0.127. The Morgan fingerprint density at radius 3 is 2.56 bits per heavy atom. The molecule has 25 heavy (non-hydrogen) atoms. The lowest BCUT2D eigenvalue weighted by Crippen LogP contribution is -2.46. The number of nitrogens with zero attached hydrogens (tertiary/aromatic N) is 4. The minimum atomic E-state index is 0.0272. The summed E-state index contributed by atoms with van der Waals surface area (Å²) >= 11 is 6.49. The first kappa shape index (κ1) is 17.7. The Morgan fingerprint density at radius 1 is 1.20 bits per heavy atom. The number of aryl methyl sites for hydroxylation is 1. The third-order valence-electron chi connectivity index (χ3n) is 4.49. The molecule has 3 rings (SSSR count). The van der Waals surface area contributed by atoms with Crippen molar-refractivity contribution in [2.75, 3.05) is 33.2 Å². The summed E-state index contributed by atoms with van der Waals surface area (Å²) in [6.45, 7) is 5.87. The van der Waals surface area contributed by atoms with E-state index in [-0.39, 0.29) is 5.91 Å². The van der Waals surface area contributed by atoms with Crippen LogP contribution < -0.4 is 0 Å². The molecule has 1 aromatic heterocycles. The number of carbonyl (C=O) groups is 1. The Labute approximate surface area is 153 Å². The van der Waals surface area contributed by atoms with E-state index in [1.165, 1.54) is 0 Å². The largest absolute Gasteiger partial charge is 0.337 e. The summed E-state index contributed by atoms with van der Waals surface area (Å²) in [7, 11) is 2.07. The number of piperazine rings is 1. The van der Waals surface area contributed by atoms with E-state index in [4.69, 9.17) is 11.6 Å². The van der Waals surface area contributed by atoms with Gasteiger partial charge in [0.1, 0.15) is 5.15 Å². The second-order valence-corrected chi connectivity index (χ2v) is 6.75. The van der Waals surface area contributed by atoms with Gasteiger partial charge >= 0.3 is 0 Å². The molecule has 0 bridgehead atoms. The molecular weight excluding hydrogens is 336 g/mol. The number of likely N-dealkylation sites (N-methyl/N-ethyl adjacent to an activating group) is 1. The molecule has 1 saturated heterocycles. The third kappa shape index (κ3) is 4.30. The molecule has 0 atom stereocenters. The first-order chi connectivity index (χ1) is 12.0. The topological polar surface area (TPSA) is 41.4 Å². The summed E-state index contributed by atoms with van der Waals surface area (Å²) < 4.78 is 1.77. The summed E-state index contributed by atoms with van der Waals surface area (Å²) in [5.41, 5.74) is 2.76. The predicted molar refractivity (Wildman–Crippen MR) is 101 cm³/mol. The minimum Gasteiger partial charge on any atom is -0.337 e. The number of hydrogen-bond donors (Lipinski definition) is 0. The number of aromatic nitrogens is 2. The van der Waals surface area contributed by atoms with Crippen LogP contribution >= 0.6 is 11.6 Å². The van der Waals surface area contributed by atoms with Crippen LogP contribution in [0.1, 0.15) is 16.8 Å². The highest BCUT2D eigenvalue weighted by Gasteiger charge is 2.17. The van der Waals surface area contributed by atoms with Gasteiger partial charge in [-0.2, -0.15) is 5.10 Å². The molecule has 0 N–H and O–H groups in total. The molecule has 1 fully saturated rings. The second kappa shape index (κ2) is 7.85. The number of amides is 1. The first-order valence-electron chi connectivity index (χ1n) is 8.47. The molecule has 1 amide bonds. The van der Waals surface area contributed by atoms with Crippen molar-refractivity contribution in [2.24, 2.45) is 0 Å². The second-order valence-electron chi connectivity index (χ2n) is 6.40. The molecule has 1 aromatic carbocycles. The molecule has 1 aliphatic heterocycles. The molecule has 1 aliphatic rings. The van der Waals surface area contributed by atoms with Gasteiger partial charge in [0, 0.05) is 37.8 Å². The molecule has 2 heterocycles. The van der Waals surface area contributed by atoms with E-state index in [1.54, 1.807) is 16.8 Å². The summed E-state index contributed by atoms with van der Waals surface area (Å²) in [6.07, 6.45) is 3.39. The van der Waals surface area contributed by atoms with Gasteiger partial charge in [0.05, 0.1) is 12.2 Å².